The zero-order valence-corrected chi connectivity index (χ0v) is 12.4. The van der Waals surface area contributed by atoms with Crippen molar-refractivity contribution in [1.29, 1.82) is 0 Å². The van der Waals surface area contributed by atoms with E-state index in [9.17, 15) is 0 Å². The van der Waals surface area contributed by atoms with Gasteiger partial charge in [-0.05, 0) is 28.4 Å². The molecule has 1 aromatic carbocycles. The van der Waals surface area contributed by atoms with Gasteiger partial charge in [0.15, 0.2) is 0 Å². The standard InChI is InChI=1S/C10H10BrCl2NOS/c1-2-8(10(14)16)15-9-4-6(12)5(11)3-7(9)13/h3-4,8H,2H2,1H3,(H2,14,16). The highest BCUT2D eigenvalue weighted by Gasteiger charge is 2.14. The molecule has 0 radical (unpaired) electrons. The number of thiocarbonyl (C=S) groups is 1. The largest absolute Gasteiger partial charge is 0.482 e. The van der Waals surface area contributed by atoms with E-state index in [1.54, 1.807) is 12.1 Å². The maximum atomic E-state index is 6.01. The second-order valence-corrected chi connectivity index (χ2v) is 5.25. The van der Waals surface area contributed by atoms with Crippen LogP contribution in [0.1, 0.15) is 13.3 Å². The first-order valence-electron chi connectivity index (χ1n) is 4.56. The van der Waals surface area contributed by atoms with Crippen LogP contribution in [0.25, 0.3) is 0 Å². The van der Waals surface area contributed by atoms with Gasteiger partial charge < -0.3 is 10.5 Å². The van der Waals surface area contributed by atoms with Crippen LogP contribution in [0.5, 0.6) is 5.75 Å². The summed E-state index contributed by atoms with van der Waals surface area (Å²) in [5, 5.41) is 0.989. The van der Waals surface area contributed by atoms with Crippen molar-refractivity contribution in [1.82, 2.24) is 0 Å². The van der Waals surface area contributed by atoms with Gasteiger partial charge in [-0.1, -0.05) is 42.3 Å². The predicted molar refractivity (Wildman–Crippen MR) is 75.7 cm³/mol. The Bertz CT molecular complexity index is 414. The number of rotatable bonds is 4. The van der Waals surface area contributed by atoms with Crippen LogP contribution < -0.4 is 10.5 Å². The Morgan fingerprint density at radius 2 is 2.12 bits per heavy atom. The molecule has 1 atom stereocenters. The molecule has 6 heteroatoms. The molecular formula is C10H10BrCl2NOS. The molecular weight excluding hydrogens is 333 g/mol. The summed E-state index contributed by atoms with van der Waals surface area (Å²) >= 11 is 20.1. The molecule has 0 saturated carbocycles. The van der Waals surface area contributed by atoms with Gasteiger partial charge in [0, 0.05) is 10.5 Å². The number of hydrogen-bond donors (Lipinski definition) is 1. The zero-order chi connectivity index (χ0) is 12.3. The third-order valence-electron chi connectivity index (χ3n) is 1.93. The van der Waals surface area contributed by atoms with Crippen molar-refractivity contribution in [3.8, 4) is 5.75 Å². The van der Waals surface area contributed by atoms with Crippen molar-refractivity contribution >= 4 is 56.3 Å². The molecule has 0 heterocycles. The molecule has 1 rings (SSSR count). The van der Waals surface area contributed by atoms with E-state index in [4.69, 9.17) is 45.9 Å². The van der Waals surface area contributed by atoms with Crippen molar-refractivity contribution < 1.29 is 4.74 Å². The maximum absolute atomic E-state index is 6.01. The van der Waals surface area contributed by atoms with Gasteiger partial charge in [0.25, 0.3) is 0 Å². The lowest BCUT2D eigenvalue weighted by Crippen LogP contribution is -2.31. The Labute approximate surface area is 118 Å². The lowest BCUT2D eigenvalue weighted by Gasteiger charge is -2.17. The minimum absolute atomic E-state index is 0.303. The molecule has 0 fully saturated rings. The fourth-order valence-electron chi connectivity index (χ4n) is 1.09. The normalized spacial score (nSPS) is 12.2. The van der Waals surface area contributed by atoms with E-state index >= 15 is 0 Å². The van der Waals surface area contributed by atoms with Crippen LogP contribution in [0, 0.1) is 0 Å². The minimum atomic E-state index is -0.329. The van der Waals surface area contributed by atoms with E-state index in [0.717, 1.165) is 4.47 Å². The van der Waals surface area contributed by atoms with Gasteiger partial charge >= 0.3 is 0 Å². The molecule has 0 amide bonds. The van der Waals surface area contributed by atoms with Crippen molar-refractivity contribution in [2.24, 2.45) is 5.73 Å². The van der Waals surface area contributed by atoms with E-state index in [-0.39, 0.29) is 6.10 Å². The van der Waals surface area contributed by atoms with Gasteiger partial charge in [-0.2, -0.15) is 0 Å². The summed E-state index contributed by atoms with van der Waals surface area (Å²) in [5.74, 6) is 0.481. The van der Waals surface area contributed by atoms with Crippen LogP contribution in [0.2, 0.25) is 10.0 Å². The molecule has 0 aliphatic rings. The summed E-state index contributed by atoms with van der Waals surface area (Å²) < 4.78 is 6.31. The number of halogens is 3. The Morgan fingerprint density at radius 3 is 2.62 bits per heavy atom. The third kappa shape index (κ3) is 3.48. The Kier molecular flexibility index (Phi) is 5.31. The number of nitrogens with two attached hydrogens (primary N) is 1. The monoisotopic (exact) mass is 341 g/mol. The smallest absolute Gasteiger partial charge is 0.148 e. The number of hydrogen-bond acceptors (Lipinski definition) is 2. The quantitative estimate of drug-likeness (QED) is 0.657. The molecule has 88 valence electrons. The minimum Gasteiger partial charge on any atom is -0.482 e. The average molecular weight is 343 g/mol. The summed E-state index contributed by atoms with van der Waals surface area (Å²) in [7, 11) is 0. The molecule has 0 spiro atoms. The van der Waals surface area contributed by atoms with Crippen molar-refractivity contribution in [3.63, 3.8) is 0 Å². The van der Waals surface area contributed by atoms with Crippen LogP contribution in [0.15, 0.2) is 16.6 Å². The van der Waals surface area contributed by atoms with Gasteiger partial charge in [-0.3, -0.25) is 0 Å². The number of benzene rings is 1. The summed E-state index contributed by atoms with van der Waals surface area (Å²) in [6, 6.07) is 3.31. The van der Waals surface area contributed by atoms with Gasteiger partial charge in [0.2, 0.25) is 0 Å². The van der Waals surface area contributed by atoms with Gasteiger partial charge in [0.05, 0.1) is 10.0 Å². The molecule has 1 unspecified atom stereocenters. The molecule has 0 saturated heterocycles. The Hall–Kier alpha value is -0.0300. The van der Waals surface area contributed by atoms with Gasteiger partial charge in [-0.25, -0.2) is 0 Å². The van der Waals surface area contributed by atoms with E-state index in [2.05, 4.69) is 15.9 Å². The van der Waals surface area contributed by atoms with Crippen LogP contribution in [-0.2, 0) is 0 Å². The lowest BCUT2D eigenvalue weighted by molar-refractivity contribution is 0.264. The van der Waals surface area contributed by atoms with E-state index in [0.29, 0.717) is 27.2 Å². The first-order chi connectivity index (χ1) is 7.45. The topological polar surface area (TPSA) is 35.2 Å². The molecule has 0 bridgehead atoms. The zero-order valence-electron chi connectivity index (χ0n) is 8.47. The van der Waals surface area contributed by atoms with Crippen LogP contribution >= 0.6 is 51.3 Å². The fourth-order valence-corrected chi connectivity index (χ4v) is 2.14. The second kappa shape index (κ2) is 6.05. The predicted octanol–water partition coefficient (Wildman–Crippen LogP) is 4.20. The summed E-state index contributed by atoms with van der Waals surface area (Å²) in [4.78, 5) is 0.303. The van der Waals surface area contributed by atoms with Crippen molar-refractivity contribution in [2.45, 2.75) is 19.4 Å². The Balaban J connectivity index is 2.96. The van der Waals surface area contributed by atoms with Crippen LogP contribution in [0.4, 0.5) is 0 Å². The lowest BCUT2D eigenvalue weighted by atomic mass is 10.2. The summed E-state index contributed by atoms with van der Waals surface area (Å²) in [6.45, 7) is 1.93. The highest BCUT2D eigenvalue weighted by Crippen LogP contribution is 2.34. The number of ether oxygens (including phenoxy) is 1. The van der Waals surface area contributed by atoms with Crippen LogP contribution in [0.3, 0.4) is 0 Å². The van der Waals surface area contributed by atoms with Gasteiger partial charge in [-0.15, -0.1) is 0 Å². The Morgan fingerprint density at radius 1 is 1.50 bits per heavy atom. The summed E-state index contributed by atoms with van der Waals surface area (Å²) in [5.41, 5.74) is 5.53. The first-order valence-corrected chi connectivity index (χ1v) is 6.52. The SMILES string of the molecule is CCC(Oc1cc(Cl)c(Br)cc1Cl)C(N)=S. The van der Waals surface area contributed by atoms with Gasteiger partial charge in [0.1, 0.15) is 16.8 Å². The molecule has 16 heavy (non-hydrogen) atoms. The fraction of sp³-hybridized carbons (Fsp3) is 0.300. The molecule has 0 aliphatic heterocycles. The molecule has 0 aromatic heterocycles. The summed E-state index contributed by atoms with van der Waals surface area (Å²) in [6.07, 6.45) is 0.351. The third-order valence-corrected chi connectivity index (χ3v) is 3.69. The van der Waals surface area contributed by atoms with Crippen LogP contribution in [-0.4, -0.2) is 11.1 Å². The molecule has 1 aromatic rings. The van der Waals surface area contributed by atoms with Crippen molar-refractivity contribution in [2.75, 3.05) is 0 Å². The molecule has 2 nitrogen and oxygen atoms in total. The van der Waals surface area contributed by atoms with E-state index in [1.807, 2.05) is 6.92 Å². The first kappa shape index (κ1) is 14.0. The highest BCUT2D eigenvalue weighted by atomic mass is 79.9. The van der Waals surface area contributed by atoms with E-state index in [1.165, 1.54) is 0 Å². The maximum Gasteiger partial charge on any atom is 0.148 e. The molecule has 0 aliphatic carbocycles. The second-order valence-electron chi connectivity index (χ2n) is 3.11. The van der Waals surface area contributed by atoms with E-state index < -0.39 is 0 Å². The molecule has 2 N–H and O–H groups in total. The average Bonchev–Trinajstić information content (AvgIpc) is 2.21. The highest BCUT2D eigenvalue weighted by molar-refractivity contribution is 9.10. The van der Waals surface area contributed by atoms with Crippen molar-refractivity contribution in [3.05, 3.63) is 26.7 Å².